The fraction of sp³-hybridized carbons (Fsp3) is 0.400. The average molecular weight is 473 g/mol. The van der Waals surface area contributed by atoms with Crippen molar-refractivity contribution in [2.75, 3.05) is 11.9 Å². The summed E-state index contributed by atoms with van der Waals surface area (Å²) < 4.78 is 6.14. The SMILES string of the molecule is Cc1ccc(C(=O)N2CCc3oc(-c4ccc(NC(=O)CC(C)CC(C)(C)C)cc4)cc3C2)cc1. The Morgan fingerprint density at radius 3 is 2.40 bits per heavy atom. The monoisotopic (exact) mass is 472 g/mol. The van der Waals surface area contributed by atoms with Crippen LogP contribution in [0, 0.1) is 18.3 Å². The maximum Gasteiger partial charge on any atom is 0.254 e. The summed E-state index contributed by atoms with van der Waals surface area (Å²) in [4.78, 5) is 27.2. The van der Waals surface area contributed by atoms with Crippen LogP contribution in [0.25, 0.3) is 11.3 Å². The number of furan rings is 1. The van der Waals surface area contributed by atoms with E-state index in [0.29, 0.717) is 37.4 Å². The summed E-state index contributed by atoms with van der Waals surface area (Å²) in [6, 6.07) is 17.5. The highest BCUT2D eigenvalue weighted by molar-refractivity contribution is 5.94. The second kappa shape index (κ2) is 10.1. The van der Waals surface area contributed by atoms with Gasteiger partial charge in [0.15, 0.2) is 0 Å². The summed E-state index contributed by atoms with van der Waals surface area (Å²) in [5, 5.41) is 3.01. The summed E-state index contributed by atoms with van der Waals surface area (Å²) in [7, 11) is 0. The molecule has 0 spiro atoms. The van der Waals surface area contributed by atoms with Crippen molar-refractivity contribution >= 4 is 17.5 Å². The zero-order valence-electron chi connectivity index (χ0n) is 21.5. The molecule has 2 aromatic carbocycles. The first kappa shape index (κ1) is 24.8. The Balaban J connectivity index is 1.38. The minimum atomic E-state index is 0.0429. The summed E-state index contributed by atoms with van der Waals surface area (Å²) in [5.74, 6) is 2.16. The van der Waals surface area contributed by atoms with Crippen LogP contribution < -0.4 is 5.32 Å². The fourth-order valence-corrected chi connectivity index (χ4v) is 4.89. The van der Waals surface area contributed by atoms with Crippen LogP contribution in [-0.2, 0) is 17.8 Å². The van der Waals surface area contributed by atoms with Crippen LogP contribution in [0.1, 0.15) is 67.8 Å². The topological polar surface area (TPSA) is 62.6 Å². The molecule has 0 saturated carbocycles. The zero-order chi connectivity index (χ0) is 25.2. The summed E-state index contributed by atoms with van der Waals surface area (Å²) >= 11 is 0. The van der Waals surface area contributed by atoms with E-state index >= 15 is 0 Å². The first-order chi connectivity index (χ1) is 16.6. The third-order valence-corrected chi connectivity index (χ3v) is 6.40. The molecule has 1 unspecified atom stereocenters. The van der Waals surface area contributed by atoms with E-state index in [1.165, 1.54) is 0 Å². The Labute approximate surface area is 208 Å². The Hall–Kier alpha value is -3.34. The molecule has 0 saturated heterocycles. The molecule has 184 valence electrons. The van der Waals surface area contributed by atoms with Gasteiger partial charge in [-0.15, -0.1) is 0 Å². The highest BCUT2D eigenvalue weighted by Crippen LogP contribution is 2.31. The molecule has 1 aromatic heterocycles. The van der Waals surface area contributed by atoms with Gasteiger partial charge in [0.25, 0.3) is 5.91 Å². The lowest BCUT2D eigenvalue weighted by atomic mass is 9.84. The molecule has 0 fully saturated rings. The van der Waals surface area contributed by atoms with Crippen molar-refractivity contribution in [1.29, 1.82) is 0 Å². The second-order valence-electron chi connectivity index (χ2n) is 11.1. The number of hydrogen-bond acceptors (Lipinski definition) is 3. The normalized spacial score (nSPS) is 14.4. The molecule has 2 amide bonds. The molecule has 3 aromatic rings. The second-order valence-corrected chi connectivity index (χ2v) is 11.1. The predicted octanol–water partition coefficient (Wildman–Crippen LogP) is 6.85. The quantitative estimate of drug-likeness (QED) is 0.426. The van der Waals surface area contributed by atoms with Crippen molar-refractivity contribution < 1.29 is 14.0 Å². The number of anilines is 1. The molecule has 1 aliphatic rings. The van der Waals surface area contributed by atoms with Crippen molar-refractivity contribution in [2.45, 2.75) is 60.4 Å². The smallest absolute Gasteiger partial charge is 0.254 e. The number of carbonyl (C=O) groups is 2. The Morgan fingerprint density at radius 2 is 1.74 bits per heavy atom. The molecule has 1 atom stereocenters. The van der Waals surface area contributed by atoms with Gasteiger partial charge in [-0.3, -0.25) is 9.59 Å². The molecule has 2 heterocycles. The average Bonchev–Trinajstić information content (AvgIpc) is 3.21. The molecule has 0 radical (unpaired) electrons. The van der Waals surface area contributed by atoms with E-state index in [4.69, 9.17) is 4.42 Å². The van der Waals surface area contributed by atoms with E-state index in [-0.39, 0.29) is 17.2 Å². The number of nitrogens with one attached hydrogen (secondary N) is 1. The summed E-state index contributed by atoms with van der Waals surface area (Å²) in [6.07, 6.45) is 2.23. The minimum absolute atomic E-state index is 0.0429. The van der Waals surface area contributed by atoms with Crippen LogP contribution in [-0.4, -0.2) is 23.3 Å². The van der Waals surface area contributed by atoms with Gasteiger partial charge < -0.3 is 14.6 Å². The van der Waals surface area contributed by atoms with Crippen LogP contribution in [0.2, 0.25) is 0 Å². The lowest BCUT2D eigenvalue weighted by molar-refractivity contribution is -0.117. The molecular weight excluding hydrogens is 436 g/mol. The Bertz CT molecular complexity index is 1180. The third kappa shape index (κ3) is 6.41. The van der Waals surface area contributed by atoms with Crippen LogP contribution in [0.3, 0.4) is 0 Å². The van der Waals surface area contributed by atoms with E-state index < -0.39 is 0 Å². The van der Waals surface area contributed by atoms with Crippen molar-refractivity contribution in [2.24, 2.45) is 11.3 Å². The highest BCUT2D eigenvalue weighted by Gasteiger charge is 2.25. The van der Waals surface area contributed by atoms with Gasteiger partial charge in [0, 0.05) is 48.3 Å². The van der Waals surface area contributed by atoms with Crippen LogP contribution in [0.15, 0.2) is 59.0 Å². The Kier molecular flexibility index (Phi) is 7.15. The van der Waals surface area contributed by atoms with Gasteiger partial charge in [0.05, 0.1) is 0 Å². The van der Waals surface area contributed by atoms with Crippen LogP contribution in [0.5, 0.6) is 0 Å². The van der Waals surface area contributed by atoms with Crippen molar-refractivity contribution in [1.82, 2.24) is 4.90 Å². The molecule has 35 heavy (non-hydrogen) atoms. The molecular formula is C30H36N2O3. The lowest BCUT2D eigenvalue weighted by Crippen LogP contribution is -2.35. The van der Waals surface area contributed by atoms with Gasteiger partial charge in [0.2, 0.25) is 5.91 Å². The minimum Gasteiger partial charge on any atom is -0.461 e. The lowest BCUT2D eigenvalue weighted by Gasteiger charge is -2.26. The number of benzene rings is 2. The van der Waals surface area contributed by atoms with E-state index in [0.717, 1.165) is 40.3 Å². The largest absolute Gasteiger partial charge is 0.461 e. The summed E-state index contributed by atoms with van der Waals surface area (Å²) in [6.45, 7) is 11.9. The molecule has 5 heteroatoms. The molecule has 4 rings (SSSR count). The molecule has 5 nitrogen and oxygen atoms in total. The van der Waals surface area contributed by atoms with Gasteiger partial charge in [0.1, 0.15) is 11.5 Å². The number of rotatable bonds is 6. The first-order valence-corrected chi connectivity index (χ1v) is 12.5. The van der Waals surface area contributed by atoms with Gasteiger partial charge >= 0.3 is 0 Å². The maximum absolute atomic E-state index is 12.9. The van der Waals surface area contributed by atoms with Gasteiger partial charge in [-0.1, -0.05) is 45.4 Å². The zero-order valence-corrected chi connectivity index (χ0v) is 21.5. The number of hydrogen-bond donors (Lipinski definition) is 1. The molecule has 0 bridgehead atoms. The predicted molar refractivity (Wildman–Crippen MR) is 140 cm³/mol. The number of aryl methyl sites for hydroxylation is 1. The molecule has 1 N–H and O–H groups in total. The number of fused-ring (bicyclic) bond motifs is 1. The number of carbonyl (C=O) groups excluding carboxylic acids is 2. The number of nitrogens with zero attached hydrogens (tertiary/aromatic N) is 1. The van der Waals surface area contributed by atoms with Crippen LogP contribution >= 0.6 is 0 Å². The van der Waals surface area contributed by atoms with E-state index in [9.17, 15) is 9.59 Å². The third-order valence-electron chi connectivity index (χ3n) is 6.40. The van der Waals surface area contributed by atoms with Crippen LogP contribution in [0.4, 0.5) is 5.69 Å². The standard InChI is InChI=1S/C30H36N2O3/c1-20-6-8-23(9-7-20)29(34)32-15-14-26-24(19-32)17-27(35-26)22-10-12-25(13-11-22)31-28(33)16-21(2)18-30(3,4)5/h6-13,17,21H,14-16,18-19H2,1-5H3,(H,31,33). The van der Waals surface area contributed by atoms with Gasteiger partial charge in [-0.2, -0.15) is 0 Å². The van der Waals surface area contributed by atoms with Crippen molar-refractivity contribution in [3.8, 4) is 11.3 Å². The highest BCUT2D eigenvalue weighted by atomic mass is 16.3. The van der Waals surface area contributed by atoms with Gasteiger partial charge in [-0.25, -0.2) is 0 Å². The van der Waals surface area contributed by atoms with Crippen molar-refractivity contribution in [3.63, 3.8) is 0 Å². The molecule has 1 aliphatic heterocycles. The van der Waals surface area contributed by atoms with Gasteiger partial charge in [-0.05, 0) is 67.1 Å². The maximum atomic E-state index is 12.9. The molecule has 0 aliphatic carbocycles. The summed E-state index contributed by atoms with van der Waals surface area (Å²) in [5.41, 5.74) is 4.87. The Morgan fingerprint density at radius 1 is 1.06 bits per heavy atom. The first-order valence-electron chi connectivity index (χ1n) is 12.5. The van der Waals surface area contributed by atoms with Crippen molar-refractivity contribution in [3.05, 3.63) is 77.0 Å². The number of amides is 2. The fourth-order valence-electron chi connectivity index (χ4n) is 4.89. The van der Waals surface area contributed by atoms with E-state index in [1.807, 2.05) is 66.4 Å². The van der Waals surface area contributed by atoms with E-state index in [2.05, 4.69) is 33.0 Å². The van der Waals surface area contributed by atoms with E-state index in [1.54, 1.807) is 0 Å².